The summed E-state index contributed by atoms with van der Waals surface area (Å²) in [5.41, 5.74) is 15.5. The summed E-state index contributed by atoms with van der Waals surface area (Å²) in [5.74, 6) is 2.55. The second kappa shape index (κ2) is 48.0. The molecule has 12 rings (SSSR count). The number of hydrogen-bond donors (Lipinski definition) is 4. The molecule has 12 aromatic rings. The van der Waals surface area contributed by atoms with Crippen LogP contribution in [0.4, 0.5) is 0 Å². The van der Waals surface area contributed by atoms with Crippen LogP contribution in [0, 0.1) is 0 Å². The molecule has 110 heavy (non-hydrogen) atoms. The van der Waals surface area contributed by atoms with Crippen LogP contribution in [0.1, 0.15) is 120 Å². The molecule has 12 nitrogen and oxygen atoms in total. The molecular weight excluding hydrogens is 1440 g/mol. The van der Waals surface area contributed by atoms with Crippen molar-refractivity contribution in [2.45, 2.75) is 53.4 Å². The van der Waals surface area contributed by atoms with Crippen LogP contribution in [0.25, 0.3) is 45.3 Å². The largest absolute Gasteiger partial charge is 0.593 e. The van der Waals surface area contributed by atoms with E-state index in [2.05, 4.69) is 27.7 Å². The third-order valence-electron chi connectivity index (χ3n) is 16.7. The maximum atomic E-state index is 9.83. The minimum absolute atomic E-state index is 0. The molecule has 0 spiro atoms. The quantitative estimate of drug-likeness (QED) is 0.0145. The van der Waals surface area contributed by atoms with Crippen LogP contribution < -0.4 is 0 Å². The predicted molar refractivity (Wildman–Crippen MR) is 451 cm³/mol. The molecule has 12 aromatic carbocycles. The molecule has 0 saturated carbocycles. The third-order valence-corrected chi connectivity index (χ3v) is 16.7. The van der Waals surface area contributed by atoms with Crippen molar-refractivity contribution in [3.63, 3.8) is 0 Å². The SMILES string of the molecule is CCC(=C(CC)c1ccc([OH2+])cc1)c1ccc([OH2+])cc1.CCC(=C(CC)c1ccc([OH2+])cc1)c1ccc([OH2+])cc1.O/C(=C\C(=[OH+])c1ccccc1)c1ccccc1.O/C(=C\C(=[OH+])c1ccccc1)c1ccccc1.O/C(=C\C(=[OH+])c1ccccc1)c1ccccc1.O/C(=C\C(=[OH+])c1ccccc1)c1ccccc1.[Ti].[Ti]. The summed E-state index contributed by atoms with van der Waals surface area (Å²) in [6.07, 6.45) is 9.25. The molecule has 0 unspecified atom stereocenters. The Hall–Kier alpha value is -12.4. The summed E-state index contributed by atoms with van der Waals surface area (Å²) >= 11 is 0. The van der Waals surface area contributed by atoms with Gasteiger partial charge < -0.3 is 40.9 Å². The van der Waals surface area contributed by atoms with Crippen LogP contribution in [-0.4, -0.2) is 83.2 Å². The normalized spacial score (nSPS) is 11.3. The predicted octanol–water partition coefficient (Wildman–Crippen LogP) is 21.3. The van der Waals surface area contributed by atoms with Gasteiger partial charge in [-0.2, -0.15) is 0 Å². The van der Waals surface area contributed by atoms with Gasteiger partial charge in [-0.3, -0.25) is 19.2 Å². The van der Waals surface area contributed by atoms with Gasteiger partial charge in [0.25, 0.3) is 23.0 Å². The first-order valence-electron chi connectivity index (χ1n) is 35.4. The zero-order valence-electron chi connectivity index (χ0n) is 62.0. The molecule has 0 radical (unpaired) electrons. The van der Waals surface area contributed by atoms with Gasteiger partial charge in [0.05, 0.1) is 46.6 Å². The summed E-state index contributed by atoms with van der Waals surface area (Å²) in [5, 5.41) is 69.7. The van der Waals surface area contributed by atoms with Crippen molar-refractivity contribution in [3.05, 3.63) is 431 Å². The Labute approximate surface area is 674 Å². The van der Waals surface area contributed by atoms with Crippen molar-refractivity contribution in [1.29, 1.82) is 0 Å². The number of rotatable bonds is 20. The molecule has 0 atom stereocenters. The molecular formula is C96H96O12Ti2+8. The molecule has 0 aliphatic rings. The fraction of sp³-hybridized carbons (Fsp3) is 0.0833. The van der Waals surface area contributed by atoms with Crippen molar-refractivity contribution < 1.29 is 103 Å². The molecule has 14 heteroatoms. The van der Waals surface area contributed by atoms with Crippen LogP contribution in [0.3, 0.4) is 0 Å². The average molecular weight is 1540 g/mol. The zero-order chi connectivity index (χ0) is 77.4. The van der Waals surface area contributed by atoms with Crippen molar-refractivity contribution in [2.24, 2.45) is 0 Å². The van der Waals surface area contributed by atoms with E-state index in [9.17, 15) is 39.6 Å². The van der Waals surface area contributed by atoms with E-state index < -0.39 is 0 Å². The molecule has 552 valence electrons. The van der Waals surface area contributed by atoms with Crippen molar-refractivity contribution >= 4 is 68.5 Å². The van der Waals surface area contributed by atoms with Crippen molar-refractivity contribution in [3.8, 4) is 23.0 Å². The molecule has 0 heterocycles. The molecule has 0 bridgehead atoms. The minimum Gasteiger partial charge on any atom is -0.593 e. The second-order valence-corrected chi connectivity index (χ2v) is 24.2. The Bertz CT molecular complexity index is 4320. The average Bonchev–Trinajstić information content (AvgIpc) is 0.830. The fourth-order valence-electron chi connectivity index (χ4n) is 11.1. The van der Waals surface area contributed by atoms with Gasteiger partial charge in [-0.15, -0.1) is 0 Å². The fourth-order valence-corrected chi connectivity index (χ4v) is 11.1. The maximum absolute atomic E-state index is 9.83. The molecule has 0 aromatic heterocycles. The minimum atomic E-state index is 0. The van der Waals surface area contributed by atoms with Gasteiger partial charge in [0.2, 0.25) is 0 Å². The smallest absolute Gasteiger partial charge is 0.350 e. The van der Waals surface area contributed by atoms with Gasteiger partial charge in [0, 0.05) is 114 Å². The van der Waals surface area contributed by atoms with Gasteiger partial charge in [-0.25, -0.2) is 0 Å². The van der Waals surface area contributed by atoms with Gasteiger partial charge >= 0.3 is 23.1 Å². The first kappa shape index (κ1) is 88.2. The summed E-state index contributed by atoms with van der Waals surface area (Å²) in [4.78, 5) is 39.3. The van der Waals surface area contributed by atoms with Gasteiger partial charge in [-0.05, 0) is 167 Å². The van der Waals surface area contributed by atoms with E-state index in [-0.39, 0.29) is 89.6 Å². The van der Waals surface area contributed by atoms with Crippen LogP contribution >= 0.6 is 0 Å². The topological polar surface area (TPSA) is 258 Å². The first-order chi connectivity index (χ1) is 52.4. The number of hydrogen-bond acceptors (Lipinski definition) is 4. The van der Waals surface area contributed by atoms with E-state index in [1.807, 2.05) is 243 Å². The monoisotopic (exact) mass is 1540 g/mol. The Kier molecular flexibility index (Phi) is 38.5. The number of ketones is 4. The van der Waals surface area contributed by atoms with Gasteiger partial charge in [-0.1, -0.05) is 222 Å². The van der Waals surface area contributed by atoms with Crippen LogP contribution in [-0.2, 0) is 43.4 Å². The zero-order valence-corrected chi connectivity index (χ0v) is 65.2. The third kappa shape index (κ3) is 29.0. The first-order valence-corrected chi connectivity index (χ1v) is 35.4. The summed E-state index contributed by atoms with van der Waals surface area (Å²) < 4.78 is 0. The van der Waals surface area contributed by atoms with Crippen LogP contribution in [0.2, 0.25) is 0 Å². The Morgan fingerprint density at radius 1 is 0.209 bits per heavy atom. The molecule has 0 saturated heterocycles. The van der Waals surface area contributed by atoms with E-state index in [1.165, 1.54) is 68.9 Å². The van der Waals surface area contributed by atoms with Gasteiger partial charge in [0.1, 0.15) is 23.0 Å². The van der Waals surface area contributed by atoms with E-state index in [0.29, 0.717) is 67.5 Å². The standard InChI is InChI=1S/2C18H20O2.4C15H12O2.2Ti/c2*1-3-17(13-5-9-15(19)10-6-13)18(4-2)14-7-11-16(20)12-8-14;4*16-14(12-7-3-1-4-8-12)11-15(17)13-9-5-2-6-10-13;;/h2*5-12,19-20H,3-4H2,1-2H3;4*1-11,16H;;/p+8/b;;4*14-11-;;. The van der Waals surface area contributed by atoms with Crippen LogP contribution in [0.5, 0.6) is 23.0 Å². The molecule has 0 aliphatic heterocycles. The Balaban J connectivity index is 0.000000236. The summed E-state index contributed by atoms with van der Waals surface area (Å²) in [6.45, 7) is 8.66. The van der Waals surface area contributed by atoms with Crippen molar-refractivity contribution in [1.82, 2.24) is 0 Å². The summed E-state index contributed by atoms with van der Waals surface area (Å²) in [7, 11) is 0. The Morgan fingerprint density at radius 3 is 0.464 bits per heavy atom. The van der Waals surface area contributed by atoms with Crippen LogP contribution in [0.15, 0.2) is 364 Å². The van der Waals surface area contributed by atoms with E-state index in [0.717, 1.165) is 25.7 Å². The van der Waals surface area contributed by atoms with E-state index in [1.54, 1.807) is 97.1 Å². The number of allylic oxidation sites excluding steroid dienone is 8. The number of aliphatic hydroxyl groups excluding tert-OH is 4. The molecule has 16 N–H and O–H groups in total. The number of benzene rings is 12. The molecule has 0 amide bonds. The Morgan fingerprint density at radius 2 is 0.336 bits per heavy atom. The number of carbonyl (C=O) groups excluding carboxylic acids is 4. The molecule has 0 aliphatic carbocycles. The second-order valence-electron chi connectivity index (χ2n) is 24.2. The van der Waals surface area contributed by atoms with Crippen molar-refractivity contribution in [2.75, 3.05) is 0 Å². The van der Waals surface area contributed by atoms with Gasteiger partial charge in [0.15, 0.2) is 0 Å². The number of aliphatic hydroxyl groups is 4. The van der Waals surface area contributed by atoms with E-state index >= 15 is 0 Å². The molecule has 0 fully saturated rings. The summed E-state index contributed by atoms with van der Waals surface area (Å²) in [6, 6.07) is 104. The maximum Gasteiger partial charge on any atom is 0.350 e. The van der Waals surface area contributed by atoms with E-state index in [4.69, 9.17) is 20.4 Å².